The van der Waals surface area contributed by atoms with Crippen molar-refractivity contribution in [3.63, 3.8) is 0 Å². The second kappa shape index (κ2) is 7.25. The Labute approximate surface area is 154 Å². The molecule has 0 N–H and O–H groups in total. The van der Waals surface area contributed by atoms with Gasteiger partial charge in [0, 0.05) is 29.7 Å². The average Bonchev–Trinajstić information content (AvgIpc) is 2.97. The first kappa shape index (κ1) is 18.1. The molecule has 1 aromatic heterocycles. The highest BCUT2D eigenvalue weighted by Gasteiger charge is 2.29. The van der Waals surface area contributed by atoms with Gasteiger partial charge in [0.1, 0.15) is 10.7 Å². The summed E-state index contributed by atoms with van der Waals surface area (Å²) in [4.78, 5) is 26.9. The summed E-state index contributed by atoms with van der Waals surface area (Å²) in [6.45, 7) is 1.68. The van der Waals surface area contributed by atoms with Crippen molar-refractivity contribution in [2.24, 2.45) is 0 Å². The third-order valence-corrected chi connectivity index (χ3v) is 5.32. The monoisotopic (exact) mass is 371 g/mol. The van der Waals surface area contributed by atoms with Crippen LogP contribution in [0.15, 0.2) is 48.5 Å². The standard InChI is InChI=1S/C20H18FNO3S/c1-12-16-14(21)10-7-11-15(16)26-18(12)20(24)25-17(19(23)22(2)3)13-8-5-4-6-9-13/h4-11,17H,1-3H3. The summed E-state index contributed by atoms with van der Waals surface area (Å²) in [5.74, 6) is -1.35. The molecule has 4 nitrogen and oxygen atoms in total. The fraction of sp³-hybridized carbons (Fsp3) is 0.200. The Morgan fingerprint density at radius 1 is 1.08 bits per heavy atom. The van der Waals surface area contributed by atoms with Gasteiger partial charge in [-0.15, -0.1) is 11.3 Å². The van der Waals surface area contributed by atoms with E-state index in [2.05, 4.69) is 0 Å². The lowest BCUT2D eigenvalue weighted by Gasteiger charge is -2.21. The van der Waals surface area contributed by atoms with Crippen LogP contribution < -0.4 is 0 Å². The van der Waals surface area contributed by atoms with E-state index >= 15 is 0 Å². The Balaban J connectivity index is 1.97. The van der Waals surface area contributed by atoms with Crippen LogP contribution in [-0.2, 0) is 9.53 Å². The molecule has 0 saturated carbocycles. The number of carbonyl (C=O) groups is 2. The average molecular weight is 371 g/mol. The molecular weight excluding hydrogens is 353 g/mol. The van der Waals surface area contributed by atoms with Gasteiger partial charge in [-0.2, -0.15) is 0 Å². The van der Waals surface area contributed by atoms with Gasteiger partial charge in [0.05, 0.1) is 0 Å². The third-order valence-electron chi connectivity index (χ3n) is 4.08. The number of ether oxygens (including phenoxy) is 1. The Hall–Kier alpha value is -2.73. The molecule has 1 unspecified atom stereocenters. The maximum absolute atomic E-state index is 14.1. The fourth-order valence-corrected chi connectivity index (χ4v) is 3.84. The van der Waals surface area contributed by atoms with Gasteiger partial charge in [-0.3, -0.25) is 4.79 Å². The summed E-state index contributed by atoms with van der Waals surface area (Å²) in [5, 5.41) is 0.416. The van der Waals surface area contributed by atoms with Crippen molar-refractivity contribution in [2.45, 2.75) is 13.0 Å². The first-order valence-electron chi connectivity index (χ1n) is 8.05. The summed E-state index contributed by atoms with van der Waals surface area (Å²) in [5.41, 5.74) is 1.11. The highest BCUT2D eigenvalue weighted by molar-refractivity contribution is 7.21. The zero-order valence-electron chi connectivity index (χ0n) is 14.7. The van der Waals surface area contributed by atoms with Gasteiger partial charge in [-0.05, 0) is 24.6 Å². The predicted octanol–water partition coefficient (Wildman–Crippen LogP) is 4.34. The number of esters is 1. The van der Waals surface area contributed by atoms with Crippen molar-refractivity contribution in [1.82, 2.24) is 4.90 Å². The number of hydrogen-bond donors (Lipinski definition) is 0. The molecule has 0 fully saturated rings. The van der Waals surface area contributed by atoms with E-state index in [1.165, 1.54) is 11.0 Å². The molecule has 0 aliphatic carbocycles. The summed E-state index contributed by atoms with van der Waals surface area (Å²) < 4.78 is 20.3. The number of likely N-dealkylation sites (N-methyl/N-ethyl adjacent to an activating group) is 1. The second-order valence-corrected chi connectivity index (χ2v) is 7.15. The van der Waals surface area contributed by atoms with Crippen molar-refractivity contribution in [2.75, 3.05) is 14.1 Å². The molecule has 1 heterocycles. The van der Waals surface area contributed by atoms with Gasteiger partial charge in [-0.1, -0.05) is 36.4 Å². The first-order chi connectivity index (χ1) is 12.4. The molecule has 1 atom stereocenters. The zero-order valence-corrected chi connectivity index (χ0v) is 15.5. The number of nitrogens with zero attached hydrogens (tertiary/aromatic N) is 1. The molecule has 26 heavy (non-hydrogen) atoms. The van der Waals surface area contributed by atoms with Crippen molar-refractivity contribution < 1.29 is 18.7 Å². The summed E-state index contributed by atoms with van der Waals surface area (Å²) in [6.07, 6.45) is -1.05. The van der Waals surface area contributed by atoms with Crippen LogP contribution in [0, 0.1) is 12.7 Å². The molecule has 0 aliphatic heterocycles. The topological polar surface area (TPSA) is 46.6 Å². The molecule has 134 valence electrons. The SMILES string of the molecule is Cc1c(C(=O)OC(C(=O)N(C)C)c2ccccc2)sc2cccc(F)c12. The van der Waals surface area contributed by atoms with Crippen molar-refractivity contribution >= 4 is 33.3 Å². The van der Waals surface area contributed by atoms with Crippen molar-refractivity contribution in [1.29, 1.82) is 0 Å². The molecule has 3 rings (SSSR count). The maximum Gasteiger partial charge on any atom is 0.349 e. The van der Waals surface area contributed by atoms with E-state index in [1.807, 2.05) is 6.07 Å². The van der Waals surface area contributed by atoms with Gasteiger partial charge < -0.3 is 9.64 Å². The highest BCUT2D eigenvalue weighted by Crippen LogP contribution is 2.34. The minimum Gasteiger partial charge on any atom is -0.443 e. The molecule has 0 spiro atoms. The van der Waals surface area contributed by atoms with Crippen LogP contribution in [0.4, 0.5) is 4.39 Å². The molecule has 0 radical (unpaired) electrons. The predicted molar refractivity (Wildman–Crippen MR) is 99.8 cm³/mol. The van der Waals surface area contributed by atoms with E-state index in [4.69, 9.17) is 4.74 Å². The van der Waals surface area contributed by atoms with E-state index in [0.717, 1.165) is 11.3 Å². The lowest BCUT2D eigenvalue weighted by Crippen LogP contribution is -2.31. The van der Waals surface area contributed by atoms with Gasteiger partial charge in [0.25, 0.3) is 5.91 Å². The Morgan fingerprint density at radius 2 is 1.77 bits per heavy atom. The number of fused-ring (bicyclic) bond motifs is 1. The molecular formula is C20H18FNO3S. The second-order valence-electron chi connectivity index (χ2n) is 6.10. The quantitative estimate of drug-likeness (QED) is 0.641. The number of halogens is 1. The minimum absolute atomic E-state index is 0.303. The fourth-order valence-electron chi connectivity index (χ4n) is 2.73. The lowest BCUT2D eigenvalue weighted by molar-refractivity contribution is -0.138. The maximum atomic E-state index is 14.1. The summed E-state index contributed by atoms with van der Waals surface area (Å²) in [6, 6.07) is 13.6. The van der Waals surface area contributed by atoms with Crippen LogP contribution in [0.25, 0.3) is 10.1 Å². The van der Waals surface area contributed by atoms with Gasteiger partial charge in [0.15, 0.2) is 0 Å². The Kier molecular flexibility index (Phi) is 5.04. The van der Waals surface area contributed by atoms with Gasteiger partial charge >= 0.3 is 5.97 Å². The number of thiophene rings is 1. The molecule has 1 amide bonds. The Morgan fingerprint density at radius 3 is 2.38 bits per heavy atom. The molecule has 0 bridgehead atoms. The number of amides is 1. The van der Waals surface area contributed by atoms with Crippen LogP contribution in [0.3, 0.4) is 0 Å². The van der Waals surface area contributed by atoms with Crippen LogP contribution in [0.1, 0.15) is 26.9 Å². The number of hydrogen-bond acceptors (Lipinski definition) is 4. The van der Waals surface area contributed by atoms with Crippen LogP contribution >= 0.6 is 11.3 Å². The molecule has 0 saturated heterocycles. The number of carbonyl (C=O) groups excluding carboxylic acids is 2. The summed E-state index contributed by atoms with van der Waals surface area (Å²) in [7, 11) is 3.21. The molecule has 2 aromatic carbocycles. The van der Waals surface area contributed by atoms with Crippen molar-refractivity contribution in [3.05, 3.63) is 70.4 Å². The smallest absolute Gasteiger partial charge is 0.349 e. The van der Waals surface area contributed by atoms with E-state index in [-0.39, 0.29) is 11.7 Å². The summed E-state index contributed by atoms with van der Waals surface area (Å²) >= 11 is 1.16. The van der Waals surface area contributed by atoms with E-state index in [0.29, 0.717) is 26.1 Å². The molecule has 3 aromatic rings. The largest absolute Gasteiger partial charge is 0.443 e. The number of benzene rings is 2. The minimum atomic E-state index is -1.05. The zero-order chi connectivity index (χ0) is 18.8. The van der Waals surface area contributed by atoms with Crippen LogP contribution in [0.2, 0.25) is 0 Å². The highest BCUT2D eigenvalue weighted by atomic mass is 32.1. The molecule has 6 heteroatoms. The van der Waals surface area contributed by atoms with E-state index in [1.54, 1.807) is 57.4 Å². The van der Waals surface area contributed by atoms with Crippen molar-refractivity contribution in [3.8, 4) is 0 Å². The lowest BCUT2D eigenvalue weighted by atomic mass is 10.1. The number of rotatable bonds is 4. The van der Waals surface area contributed by atoms with E-state index in [9.17, 15) is 14.0 Å². The first-order valence-corrected chi connectivity index (χ1v) is 8.86. The Bertz CT molecular complexity index is 966. The van der Waals surface area contributed by atoms with Gasteiger partial charge in [0.2, 0.25) is 6.10 Å². The molecule has 0 aliphatic rings. The third kappa shape index (κ3) is 3.32. The van der Waals surface area contributed by atoms with Crippen LogP contribution in [-0.4, -0.2) is 30.9 Å². The van der Waals surface area contributed by atoms with Crippen LogP contribution in [0.5, 0.6) is 0 Å². The number of aryl methyl sites for hydroxylation is 1. The van der Waals surface area contributed by atoms with E-state index < -0.39 is 12.1 Å². The normalized spacial score (nSPS) is 12.0. The van der Waals surface area contributed by atoms with Gasteiger partial charge in [-0.25, -0.2) is 9.18 Å².